The first-order valence-corrected chi connectivity index (χ1v) is 43.1. The Morgan fingerprint density at radius 1 is 0.448 bits per heavy atom. The van der Waals surface area contributed by atoms with Gasteiger partial charge in [0.2, 0.25) is 11.7 Å². The maximum Gasteiger partial charge on any atom is 0.342 e. The number of carbonyl (C=O) groups excluding carboxylic acids is 6. The Morgan fingerprint density at radius 2 is 0.829 bits per heavy atom. The zero-order valence-corrected chi connectivity index (χ0v) is 68.2. The normalized spacial score (nSPS) is 15.8. The average Bonchev–Trinajstić information content (AvgIpc) is 1.31. The molecule has 3 atom stereocenters. The van der Waals surface area contributed by atoms with Crippen LogP contribution in [0.4, 0.5) is 0 Å². The van der Waals surface area contributed by atoms with Gasteiger partial charge < -0.3 is 33.7 Å². The van der Waals surface area contributed by atoms with E-state index in [-0.39, 0.29) is 77.7 Å². The molecule has 1 N–H and O–H groups in total. The molecule has 0 spiro atoms. The number of piperidine rings is 1. The van der Waals surface area contributed by atoms with Gasteiger partial charge in [-0.3, -0.25) is 19.2 Å². The Bertz CT molecular complexity index is 3020. The molecule has 2 fully saturated rings. The van der Waals surface area contributed by atoms with Crippen LogP contribution in [-0.4, -0.2) is 47.9 Å². The molecule has 590 valence electrons. The van der Waals surface area contributed by atoms with Crippen LogP contribution in [0.3, 0.4) is 0 Å². The third-order valence-corrected chi connectivity index (χ3v) is 22.4. The number of hydrogen-bond acceptors (Lipinski definition) is 12. The van der Waals surface area contributed by atoms with Crippen molar-refractivity contribution in [3.05, 3.63) is 75.3 Å². The average molecular weight is 1460 g/mol. The van der Waals surface area contributed by atoms with Crippen molar-refractivity contribution in [2.24, 2.45) is 5.92 Å². The van der Waals surface area contributed by atoms with E-state index in [9.17, 15) is 24.0 Å². The summed E-state index contributed by atoms with van der Waals surface area (Å²) in [4.78, 5) is 84.9. The number of benzene rings is 3. The summed E-state index contributed by atoms with van der Waals surface area (Å²) in [5.74, 6) is -3.24. The molecule has 3 aromatic carbocycles. The van der Waals surface area contributed by atoms with Crippen LogP contribution < -0.4 is 24.3 Å². The third kappa shape index (κ3) is 31.1. The predicted molar refractivity (Wildman–Crippen MR) is 427 cm³/mol. The topological polar surface area (TPSA) is 170 Å². The fourth-order valence-corrected chi connectivity index (χ4v) is 15.8. The zero-order chi connectivity index (χ0) is 75.9. The summed E-state index contributed by atoms with van der Waals surface area (Å²) in [6, 6.07) is 10.6. The molecular formula is C92H145NO12. The number of esters is 5. The molecule has 2 heterocycles. The van der Waals surface area contributed by atoms with Gasteiger partial charge in [0.15, 0.2) is 11.5 Å². The molecule has 1 amide bonds. The first kappa shape index (κ1) is 88.2. The van der Waals surface area contributed by atoms with E-state index in [4.69, 9.17) is 28.4 Å². The number of fused-ring (bicyclic) bond motifs is 4. The standard InChI is InChI=1S/C92H145NO12/c1-12-15-18-21-24-27-30-33-36-39-42-45-48-51-54-57-80(94)101-78-62-69(63-79(102-81(95)58-55-52-49-46-43-40-37-34-31-28-25-22-19-16-13-2)86(78)104-82(96)59-56-53-50-47-44-41-38-35-32-29-26-23-20-17-14-3)68-100-88(98)74-64-70(90(4,5)6)65-76-84(74)105-85-72(60-61-75(91(7,8)9)83(85)92(76,10)11)89(99)103-77-67-71-66-73(77)87(97)93-71/h60-65,71,73,77H,12-59,66-68H2,1-11H3,(H,93,97). The van der Waals surface area contributed by atoms with Gasteiger partial charge in [0.25, 0.3) is 0 Å². The van der Waals surface area contributed by atoms with Crippen molar-refractivity contribution >= 4 is 35.8 Å². The van der Waals surface area contributed by atoms with Gasteiger partial charge in [0.1, 0.15) is 35.3 Å². The van der Waals surface area contributed by atoms with E-state index < -0.39 is 58.1 Å². The van der Waals surface area contributed by atoms with Crippen LogP contribution in [0.5, 0.6) is 28.7 Å². The minimum atomic E-state index is -0.833. The van der Waals surface area contributed by atoms with Gasteiger partial charge in [-0.15, -0.1) is 0 Å². The SMILES string of the molecule is CCCCCCCCCCCCCCCCCC(=O)Oc1cc(COC(=O)c2cc(C(C)(C)C)cc3c2Oc2c(C(=O)OC4CC5CC4C(=O)N5)ccc(C(C)(C)C)c2C3(C)C)cc(OC(=O)CCCCCCCCCCCCCCCCC)c1OC(=O)CCCCCCCCCCCCCCCCC. The summed E-state index contributed by atoms with van der Waals surface area (Å²) < 4.78 is 38.2. The third-order valence-electron chi connectivity index (χ3n) is 22.4. The molecule has 3 aromatic rings. The quantitative estimate of drug-likeness (QED) is 0.0323. The molecule has 2 aliphatic heterocycles. The summed E-state index contributed by atoms with van der Waals surface area (Å²) in [7, 11) is 0. The largest absolute Gasteiger partial charge is 0.458 e. The van der Waals surface area contributed by atoms with Gasteiger partial charge in [0, 0.05) is 48.3 Å². The molecular weight excluding hydrogens is 1310 g/mol. The monoisotopic (exact) mass is 1460 g/mol. The highest BCUT2D eigenvalue weighted by molar-refractivity contribution is 5.97. The minimum absolute atomic E-state index is 0.0377. The van der Waals surface area contributed by atoms with Crippen molar-refractivity contribution in [3.8, 4) is 28.7 Å². The molecule has 1 saturated carbocycles. The lowest BCUT2D eigenvalue weighted by Crippen LogP contribution is -2.40. The second kappa shape index (κ2) is 47.9. The summed E-state index contributed by atoms with van der Waals surface area (Å²) in [6.07, 6.45) is 54.7. The number of nitrogens with one attached hydrogen (secondary N) is 1. The van der Waals surface area contributed by atoms with Crippen molar-refractivity contribution in [3.63, 3.8) is 0 Å². The van der Waals surface area contributed by atoms with E-state index in [2.05, 4.69) is 87.5 Å². The lowest BCUT2D eigenvalue weighted by atomic mass is 9.67. The number of ether oxygens (including phenoxy) is 6. The van der Waals surface area contributed by atoms with Crippen LogP contribution in [0.15, 0.2) is 36.4 Å². The van der Waals surface area contributed by atoms with Crippen molar-refractivity contribution in [2.75, 3.05) is 0 Å². The number of amides is 1. The fourth-order valence-electron chi connectivity index (χ4n) is 15.8. The van der Waals surface area contributed by atoms with Crippen LogP contribution in [0.2, 0.25) is 0 Å². The van der Waals surface area contributed by atoms with E-state index in [1.807, 2.05) is 6.07 Å². The Morgan fingerprint density at radius 3 is 1.19 bits per heavy atom. The zero-order valence-electron chi connectivity index (χ0n) is 68.2. The molecule has 1 aliphatic carbocycles. The number of rotatable bonds is 56. The van der Waals surface area contributed by atoms with E-state index >= 15 is 4.79 Å². The van der Waals surface area contributed by atoms with Gasteiger partial charge in [-0.05, 0) is 77.5 Å². The minimum Gasteiger partial charge on any atom is -0.458 e. The second-order valence-corrected chi connectivity index (χ2v) is 34.2. The lowest BCUT2D eigenvalue weighted by molar-refractivity contribution is -0.138. The Hall–Kier alpha value is -5.72. The van der Waals surface area contributed by atoms with Crippen LogP contribution in [0, 0.1) is 5.92 Å². The molecule has 105 heavy (non-hydrogen) atoms. The van der Waals surface area contributed by atoms with Gasteiger partial charge in [0.05, 0.1) is 5.92 Å². The molecule has 0 aromatic heterocycles. The van der Waals surface area contributed by atoms with Gasteiger partial charge >= 0.3 is 29.8 Å². The molecule has 6 rings (SSSR count). The number of unbranched alkanes of at least 4 members (excludes halogenated alkanes) is 42. The van der Waals surface area contributed by atoms with E-state index in [1.165, 1.54) is 212 Å². The molecule has 2 bridgehead atoms. The summed E-state index contributed by atoms with van der Waals surface area (Å²) in [6.45, 7) is 23.2. The van der Waals surface area contributed by atoms with Crippen molar-refractivity contribution in [1.29, 1.82) is 0 Å². The summed E-state index contributed by atoms with van der Waals surface area (Å²) in [5.41, 5.74) is 2.34. The number of carbonyl (C=O) groups is 6. The van der Waals surface area contributed by atoms with E-state index in [0.717, 1.165) is 80.0 Å². The van der Waals surface area contributed by atoms with Crippen LogP contribution in [-0.2, 0) is 51.5 Å². The summed E-state index contributed by atoms with van der Waals surface area (Å²) in [5, 5.41) is 2.98. The summed E-state index contributed by atoms with van der Waals surface area (Å²) >= 11 is 0. The van der Waals surface area contributed by atoms with Crippen LogP contribution in [0.1, 0.15) is 446 Å². The number of hydrogen-bond donors (Lipinski definition) is 1. The Kier molecular flexibility index (Phi) is 40.3. The first-order chi connectivity index (χ1) is 50.6. The Balaban J connectivity index is 1.22. The first-order valence-electron chi connectivity index (χ1n) is 43.1. The molecule has 13 nitrogen and oxygen atoms in total. The maximum atomic E-state index is 15.3. The van der Waals surface area contributed by atoms with E-state index in [1.54, 1.807) is 24.3 Å². The van der Waals surface area contributed by atoms with Crippen LogP contribution >= 0.6 is 0 Å². The van der Waals surface area contributed by atoms with Crippen LogP contribution in [0.25, 0.3) is 0 Å². The van der Waals surface area contributed by atoms with Gasteiger partial charge in [-0.2, -0.15) is 0 Å². The predicted octanol–water partition coefficient (Wildman–Crippen LogP) is 26.0. The molecule has 3 aliphatic rings. The van der Waals surface area contributed by atoms with Crippen molar-refractivity contribution < 1.29 is 57.2 Å². The lowest BCUT2D eigenvalue weighted by Gasteiger charge is -2.41. The highest BCUT2D eigenvalue weighted by atomic mass is 16.6. The van der Waals surface area contributed by atoms with Gasteiger partial charge in [-0.25, -0.2) is 9.59 Å². The molecule has 13 heteroatoms. The van der Waals surface area contributed by atoms with E-state index in [0.29, 0.717) is 37.7 Å². The highest BCUT2D eigenvalue weighted by Gasteiger charge is 2.49. The molecule has 1 saturated heterocycles. The molecule has 3 unspecified atom stereocenters. The Labute approximate surface area is 637 Å². The maximum absolute atomic E-state index is 15.3. The smallest absolute Gasteiger partial charge is 0.342 e. The van der Waals surface area contributed by atoms with Gasteiger partial charge in [-0.1, -0.05) is 358 Å². The van der Waals surface area contributed by atoms with Crippen molar-refractivity contribution in [1.82, 2.24) is 5.32 Å². The fraction of sp³-hybridized carbons (Fsp3) is 0.739. The van der Waals surface area contributed by atoms with Crippen molar-refractivity contribution in [2.45, 2.75) is 432 Å². The molecule has 0 radical (unpaired) electrons. The second-order valence-electron chi connectivity index (χ2n) is 34.2. The highest BCUT2D eigenvalue weighted by Crippen LogP contribution is 2.55.